The second kappa shape index (κ2) is 7.55. The lowest BCUT2D eigenvalue weighted by molar-refractivity contribution is -0.153. The summed E-state index contributed by atoms with van der Waals surface area (Å²) >= 11 is 1.47. The van der Waals surface area contributed by atoms with Crippen molar-refractivity contribution in [3.8, 4) is 6.07 Å². The Hall–Kier alpha value is -1.94. The van der Waals surface area contributed by atoms with Crippen LogP contribution in [-0.2, 0) is 20.7 Å². The number of ether oxygens (including phenoxy) is 1. The first-order valence-corrected chi connectivity index (χ1v) is 8.59. The highest BCUT2D eigenvalue weighted by atomic mass is 32.1. The fourth-order valence-corrected chi connectivity index (χ4v) is 3.44. The highest BCUT2D eigenvalue weighted by molar-refractivity contribution is 7.09. The molecule has 0 atom stereocenters. The van der Waals surface area contributed by atoms with Crippen LogP contribution >= 0.6 is 11.3 Å². The van der Waals surface area contributed by atoms with Gasteiger partial charge in [-0.1, -0.05) is 19.3 Å². The number of likely N-dealkylation sites (N-methyl/N-ethyl adjacent to an activating group) is 1. The zero-order valence-corrected chi connectivity index (χ0v) is 14.3. The lowest BCUT2D eigenvalue weighted by atomic mass is 9.81. The summed E-state index contributed by atoms with van der Waals surface area (Å²) in [5.41, 5.74) is -0.104. The van der Waals surface area contributed by atoms with Gasteiger partial charge >= 0.3 is 5.97 Å². The third-order valence-corrected chi connectivity index (χ3v) is 5.08. The van der Waals surface area contributed by atoms with E-state index < -0.39 is 11.5 Å². The molecule has 1 aliphatic rings. The van der Waals surface area contributed by atoms with Crippen molar-refractivity contribution in [2.24, 2.45) is 0 Å². The molecular formula is C16H21N3O3S. The Balaban J connectivity index is 1.86. The monoisotopic (exact) mass is 335 g/mol. The molecule has 7 heteroatoms. The van der Waals surface area contributed by atoms with Gasteiger partial charge in [-0.05, 0) is 19.8 Å². The van der Waals surface area contributed by atoms with Crippen molar-refractivity contribution in [1.29, 1.82) is 5.26 Å². The maximum atomic E-state index is 12.3. The number of carbonyl (C=O) groups is 2. The number of hydrogen-bond donors (Lipinski definition) is 0. The molecule has 124 valence electrons. The van der Waals surface area contributed by atoms with Crippen LogP contribution in [0.4, 0.5) is 0 Å². The molecule has 1 aromatic heterocycles. The summed E-state index contributed by atoms with van der Waals surface area (Å²) in [6.45, 7) is 1.53. The van der Waals surface area contributed by atoms with E-state index >= 15 is 0 Å². The molecule has 0 aliphatic heterocycles. The van der Waals surface area contributed by atoms with E-state index in [-0.39, 0.29) is 18.9 Å². The number of aromatic nitrogens is 1. The summed E-state index contributed by atoms with van der Waals surface area (Å²) in [5.74, 6) is -0.817. The van der Waals surface area contributed by atoms with E-state index in [1.165, 1.54) is 16.2 Å². The maximum absolute atomic E-state index is 12.3. The van der Waals surface area contributed by atoms with E-state index in [1.807, 2.05) is 6.92 Å². The van der Waals surface area contributed by atoms with Crippen molar-refractivity contribution in [3.05, 3.63) is 16.1 Å². The van der Waals surface area contributed by atoms with Crippen molar-refractivity contribution in [2.45, 2.75) is 51.0 Å². The Morgan fingerprint density at radius 2 is 2.13 bits per heavy atom. The first kappa shape index (κ1) is 17.4. The lowest BCUT2D eigenvalue weighted by Crippen LogP contribution is -2.51. The van der Waals surface area contributed by atoms with E-state index in [2.05, 4.69) is 11.1 Å². The van der Waals surface area contributed by atoms with Gasteiger partial charge in [-0.3, -0.25) is 9.59 Å². The normalized spacial score (nSPS) is 16.4. The predicted octanol–water partition coefficient (Wildman–Crippen LogP) is 2.22. The topological polar surface area (TPSA) is 83.3 Å². The van der Waals surface area contributed by atoms with Gasteiger partial charge in [-0.25, -0.2) is 4.98 Å². The number of amides is 1. The van der Waals surface area contributed by atoms with Gasteiger partial charge in [0.2, 0.25) is 0 Å². The van der Waals surface area contributed by atoms with E-state index in [4.69, 9.17) is 4.74 Å². The first-order chi connectivity index (χ1) is 11.0. The third-order valence-electron chi connectivity index (χ3n) is 4.25. The summed E-state index contributed by atoms with van der Waals surface area (Å²) in [6.07, 6.45) is 4.39. The number of rotatable bonds is 5. The minimum atomic E-state index is -0.756. The SMILES string of the molecule is Cc1nc(CC(=O)OCC(=O)N(C)C2(C#N)CCCCC2)cs1. The second-order valence-electron chi connectivity index (χ2n) is 5.85. The van der Waals surface area contributed by atoms with E-state index in [0.717, 1.165) is 24.3 Å². The summed E-state index contributed by atoms with van der Waals surface area (Å²) in [7, 11) is 1.62. The van der Waals surface area contributed by atoms with Gasteiger partial charge in [0, 0.05) is 12.4 Å². The predicted molar refractivity (Wildman–Crippen MR) is 85.7 cm³/mol. The van der Waals surface area contributed by atoms with Crippen molar-refractivity contribution >= 4 is 23.2 Å². The van der Waals surface area contributed by atoms with Crippen molar-refractivity contribution < 1.29 is 14.3 Å². The molecule has 2 rings (SSSR count). The molecule has 0 N–H and O–H groups in total. The summed E-state index contributed by atoms with van der Waals surface area (Å²) in [4.78, 5) is 29.7. The molecule has 0 bridgehead atoms. The van der Waals surface area contributed by atoms with Crippen LogP contribution in [-0.4, -0.2) is 41.0 Å². The number of hydrogen-bond acceptors (Lipinski definition) is 6. The van der Waals surface area contributed by atoms with E-state index in [1.54, 1.807) is 12.4 Å². The zero-order chi connectivity index (χ0) is 16.9. The quantitative estimate of drug-likeness (QED) is 0.771. The highest BCUT2D eigenvalue weighted by Crippen LogP contribution is 2.32. The van der Waals surface area contributed by atoms with Crippen molar-refractivity contribution in [1.82, 2.24) is 9.88 Å². The van der Waals surface area contributed by atoms with Crippen LogP contribution in [0.3, 0.4) is 0 Å². The molecule has 0 aromatic carbocycles. The lowest BCUT2D eigenvalue weighted by Gasteiger charge is -2.38. The third kappa shape index (κ3) is 4.29. The van der Waals surface area contributed by atoms with Crippen LogP contribution in [0.15, 0.2) is 5.38 Å². The van der Waals surface area contributed by atoms with Crippen LogP contribution < -0.4 is 0 Å². The summed E-state index contributed by atoms with van der Waals surface area (Å²) in [5, 5.41) is 12.2. The number of esters is 1. The Kier molecular flexibility index (Phi) is 5.72. The van der Waals surface area contributed by atoms with Gasteiger partial charge in [0.25, 0.3) is 5.91 Å². The minimum absolute atomic E-state index is 0.0602. The van der Waals surface area contributed by atoms with Crippen molar-refractivity contribution in [2.75, 3.05) is 13.7 Å². The van der Waals surface area contributed by atoms with Crippen LogP contribution in [0.2, 0.25) is 0 Å². The van der Waals surface area contributed by atoms with Gasteiger partial charge < -0.3 is 9.64 Å². The molecule has 0 unspecified atom stereocenters. The van der Waals surface area contributed by atoms with Gasteiger partial charge in [-0.2, -0.15) is 5.26 Å². The average molecular weight is 335 g/mol. The summed E-state index contributed by atoms with van der Waals surface area (Å²) in [6, 6.07) is 2.28. The Labute approximate surface area is 140 Å². The van der Waals surface area contributed by atoms with Gasteiger partial charge in [0.15, 0.2) is 6.61 Å². The smallest absolute Gasteiger partial charge is 0.312 e. The Morgan fingerprint density at radius 1 is 1.43 bits per heavy atom. The van der Waals surface area contributed by atoms with Gasteiger partial charge in [-0.15, -0.1) is 11.3 Å². The number of thiazole rings is 1. The fourth-order valence-electron chi connectivity index (χ4n) is 2.82. The standard InChI is InChI=1S/C16H21N3O3S/c1-12-18-13(10-23-12)8-15(21)22-9-14(20)19(2)16(11-17)6-4-3-5-7-16/h10H,3-9H2,1-2H3. The summed E-state index contributed by atoms with van der Waals surface area (Å²) < 4.78 is 5.04. The fraction of sp³-hybridized carbons (Fsp3) is 0.625. The molecule has 0 spiro atoms. The number of aryl methyl sites for hydroxylation is 1. The van der Waals surface area contributed by atoms with Gasteiger partial charge in [0.05, 0.1) is 23.2 Å². The first-order valence-electron chi connectivity index (χ1n) is 7.71. The molecule has 1 heterocycles. The minimum Gasteiger partial charge on any atom is -0.455 e. The number of nitriles is 1. The maximum Gasteiger partial charge on any atom is 0.312 e. The Bertz CT molecular complexity index is 614. The molecular weight excluding hydrogens is 314 g/mol. The molecule has 6 nitrogen and oxygen atoms in total. The van der Waals surface area contributed by atoms with E-state index in [0.29, 0.717) is 18.5 Å². The van der Waals surface area contributed by atoms with Crippen LogP contribution in [0.1, 0.15) is 42.8 Å². The number of carbonyl (C=O) groups excluding carboxylic acids is 2. The van der Waals surface area contributed by atoms with Gasteiger partial charge in [0.1, 0.15) is 5.54 Å². The van der Waals surface area contributed by atoms with Crippen LogP contribution in [0.5, 0.6) is 0 Å². The zero-order valence-electron chi connectivity index (χ0n) is 13.5. The highest BCUT2D eigenvalue weighted by Gasteiger charge is 2.38. The molecule has 1 aliphatic carbocycles. The molecule has 23 heavy (non-hydrogen) atoms. The molecule has 0 radical (unpaired) electrons. The van der Waals surface area contributed by atoms with E-state index in [9.17, 15) is 14.9 Å². The average Bonchev–Trinajstić information content (AvgIpc) is 2.97. The molecule has 1 amide bonds. The number of nitrogens with zero attached hydrogens (tertiary/aromatic N) is 3. The molecule has 0 saturated heterocycles. The molecule has 1 fully saturated rings. The van der Waals surface area contributed by atoms with Crippen LogP contribution in [0.25, 0.3) is 0 Å². The Morgan fingerprint density at radius 3 is 2.70 bits per heavy atom. The molecule has 1 saturated carbocycles. The van der Waals surface area contributed by atoms with Crippen molar-refractivity contribution in [3.63, 3.8) is 0 Å². The molecule has 1 aromatic rings. The largest absolute Gasteiger partial charge is 0.455 e. The van der Waals surface area contributed by atoms with Crippen LogP contribution in [0, 0.1) is 18.3 Å². The second-order valence-corrected chi connectivity index (χ2v) is 6.91.